The van der Waals surface area contributed by atoms with Gasteiger partial charge in [0.2, 0.25) is 0 Å². The molecule has 19 heavy (non-hydrogen) atoms. The van der Waals surface area contributed by atoms with Gasteiger partial charge in [0, 0.05) is 24.0 Å². The molecule has 102 valence electrons. The number of aromatic nitrogens is 2. The van der Waals surface area contributed by atoms with E-state index < -0.39 is 0 Å². The van der Waals surface area contributed by atoms with E-state index in [1.807, 2.05) is 29.2 Å². The maximum atomic E-state index is 5.97. The highest BCUT2D eigenvalue weighted by Crippen LogP contribution is 2.25. The molecule has 0 saturated carbocycles. The normalized spacial score (nSPS) is 11.6. The summed E-state index contributed by atoms with van der Waals surface area (Å²) in [5.74, 6) is 0. The maximum absolute atomic E-state index is 5.97. The predicted octanol–water partition coefficient (Wildman–Crippen LogP) is 4.56. The lowest BCUT2D eigenvalue weighted by Crippen LogP contribution is -2.21. The van der Waals surface area contributed by atoms with Crippen LogP contribution in [0.3, 0.4) is 0 Å². The lowest BCUT2D eigenvalue weighted by atomic mass is 10.1. The fourth-order valence-electron chi connectivity index (χ4n) is 1.63. The molecule has 5 heteroatoms. The van der Waals surface area contributed by atoms with Gasteiger partial charge in [0.1, 0.15) is 0 Å². The summed E-state index contributed by atoms with van der Waals surface area (Å²) in [6.45, 7) is 7.07. The predicted molar refractivity (Wildman–Crippen MR) is 81.0 cm³/mol. The SMILES string of the molecule is CC(C)(C)n1cc(CNc2ccc(Cl)c(Cl)c2)cn1. The molecule has 0 amide bonds. The number of halogens is 2. The molecule has 3 nitrogen and oxygen atoms in total. The molecule has 1 aromatic heterocycles. The van der Waals surface area contributed by atoms with Crippen LogP contribution in [0.5, 0.6) is 0 Å². The highest BCUT2D eigenvalue weighted by atomic mass is 35.5. The van der Waals surface area contributed by atoms with Crippen LogP contribution in [0.1, 0.15) is 26.3 Å². The molecule has 0 bridgehead atoms. The van der Waals surface area contributed by atoms with Gasteiger partial charge in [-0.3, -0.25) is 4.68 Å². The lowest BCUT2D eigenvalue weighted by Gasteiger charge is -2.18. The third-order valence-corrected chi connectivity index (χ3v) is 3.48. The Kier molecular flexibility index (Phi) is 4.07. The van der Waals surface area contributed by atoms with Crippen molar-refractivity contribution in [3.8, 4) is 0 Å². The second kappa shape index (κ2) is 5.43. The van der Waals surface area contributed by atoms with Crippen LogP contribution in [0, 0.1) is 0 Å². The third kappa shape index (κ3) is 3.64. The zero-order valence-electron chi connectivity index (χ0n) is 11.2. The van der Waals surface area contributed by atoms with Gasteiger partial charge in [0.15, 0.2) is 0 Å². The first-order chi connectivity index (χ1) is 8.86. The van der Waals surface area contributed by atoms with Gasteiger partial charge in [-0.05, 0) is 39.0 Å². The minimum Gasteiger partial charge on any atom is -0.381 e. The van der Waals surface area contributed by atoms with Crippen molar-refractivity contribution in [2.45, 2.75) is 32.9 Å². The topological polar surface area (TPSA) is 29.9 Å². The second-order valence-electron chi connectivity index (χ2n) is 5.45. The fourth-order valence-corrected chi connectivity index (χ4v) is 1.93. The molecule has 1 N–H and O–H groups in total. The minimum atomic E-state index is 0.00182. The number of hydrogen-bond donors (Lipinski definition) is 1. The summed E-state index contributed by atoms with van der Waals surface area (Å²) in [4.78, 5) is 0. The molecule has 2 rings (SSSR count). The van der Waals surface area contributed by atoms with Crippen LogP contribution in [0.25, 0.3) is 0 Å². The Morgan fingerprint density at radius 2 is 1.95 bits per heavy atom. The zero-order valence-corrected chi connectivity index (χ0v) is 12.8. The first-order valence-electron chi connectivity index (χ1n) is 6.09. The maximum Gasteiger partial charge on any atom is 0.0612 e. The molecule has 0 radical (unpaired) electrons. The standard InChI is InChI=1S/C14H17Cl2N3/c1-14(2,3)19-9-10(8-18-19)7-17-11-4-5-12(15)13(16)6-11/h4-6,8-9,17H,7H2,1-3H3. The van der Waals surface area contributed by atoms with Gasteiger partial charge in [-0.2, -0.15) is 5.10 Å². The number of nitrogens with zero attached hydrogens (tertiary/aromatic N) is 2. The Bertz CT molecular complexity index is 570. The van der Waals surface area contributed by atoms with E-state index in [0.717, 1.165) is 11.3 Å². The van der Waals surface area contributed by atoms with Gasteiger partial charge < -0.3 is 5.32 Å². The van der Waals surface area contributed by atoms with Crippen molar-refractivity contribution in [3.05, 3.63) is 46.2 Å². The number of rotatable bonds is 3. The zero-order chi connectivity index (χ0) is 14.0. The number of anilines is 1. The van der Waals surface area contributed by atoms with Crippen molar-refractivity contribution in [3.63, 3.8) is 0 Å². The van der Waals surface area contributed by atoms with Crippen molar-refractivity contribution in [1.82, 2.24) is 9.78 Å². The molecule has 0 aliphatic rings. The molecule has 0 spiro atoms. The van der Waals surface area contributed by atoms with E-state index in [9.17, 15) is 0 Å². The number of hydrogen-bond acceptors (Lipinski definition) is 2. The van der Waals surface area contributed by atoms with Gasteiger partial charge in [-0.25, -0.2) is 0 Å². The summed E-state index contributed by atoms with van der Waals surface area (Å²) in [6, 6.07) is 5.51. The Balaban J connectivity index is 2.02. The molecule has 0 saturated heterocycles. The molecule has 1 aromatic carbocycles. The van der Waals surface area contributed by atoms with Crippen LogP contribution in [-0.4, -0.2) is 9.78 Å². The average molecular weight is 298 g/mol. The molecular formula is C14H17Cl2N3. The summed E-state index contributed by atoms with van der Waals surface area (Å²) in [5, 5.41) is 8.77. The van der Waals surface area contributed by atoms with Gasteiger partial charge in [-0.1, -0.05) is 23.2 Å². The molecule has 0 aliphatic heterocycles. The fraction of sp³-hybridized carbons (Fsp3) is 0.357. The summed E-state index contributed by atoms with van der Waals surface area (Å²) < 4.78 is 1.96. The Hall–Kier alpha value is -1.19. The van der Waals surface area contributed by atoms with E-state index in [1.165, 1.54) is 0 Å². The van der Waals surface area contributed by atoms with Crippen LogP contribution in [0.2, 0.25) is 10.0 Å². The molecule has 0 aliphatic carbocycles. The largest absolute Gasteiger partial charge is 0.381 e. The molecule has 0 fully saturated rings. The first kappa shape index (κ1) is 14.2. The smallest absolute Gasteiger partial charge is 0.0612 e. The van der Waals surface area contributed by atoms with Crippen LogP contribution >= 0.6 is 23.2 Å². The molecule has 1 heterocycles. The molecular weight excluding hydrogens is 281 g/mol. The highest BCUT2D eigenvalue weighted by molar-refractivity contribution is 6.42. The van der Waals surface area contributed by atoms with E-state index in [2.05, 4.69) is 31.2 Å². The van der Waals surface area contributed by atoms with Crippen LogP contribution in [0.4, 0.5) is 5.69 Å². The lowest BCUT2D eigenvalue weighted by molar-refractivity contribution is 0.355. The van der Waals surface area contributed by atoms with Crippen LogP contribution in [-0.2, 0) is 12.1 Å². The summed E-state index contributed by atoms with van der Waals surface area (Å²) in [6.07, 6.45) is 3.92. The van der Waals surface area contributed by atoms with Gasteiger partial charge in [0.05, 0.1) is 21.8 Å². The van der Waals surface area contributed by atoms with Crippen molar-refractivity contribution < 1.29 is 0 Å². The third-order valence-electron chi connectivity index (χ3n) is 2.74. The van der Waals surface area contributed by atoms with Gasteiger partial charge in [0.25, 0.3) is 0 Å². The van der Waals surface area contributed by atoms with Gasteiger partial charge >= 0.3 is 0 Å². The Morgan fingerprint density at radius 1 is 1.21 bits per heavy atom. The minimum absolute atomic E-state index is 0.00182. The van der Waals surface area contributed by atoms with Crippen molar-refractivity contribution in [2.24, 2.45) is 0 Å². The Labute approximate surface area is 123 Å². The van der Waals surface area contributed by atoms with E-state index >= 15 is 0 Å². The number of benzene rings is 1. The average Bonchev–Trinajstić information content (AvgIpc) is 2.79. The van der Waals surface area contributed by atoms with Crippen molar-refractivity contribution >= 4 is 28.9 Å². The van der Waals surface area contributed by atoms with E-state index in [1.54, 1.807) is 6.07 Å². The quantitative estimate of drug-likeness (QED) is 0.900. The van der Waals surface area contributed by atoms with E-state index in [0.29, 0.717) is 16.6 Å². The Morgan fingerprint density at radius 3 is 2.53 bits per heavy atom. The monoisotopic (exact) mass is 297 g/mol. The summed E-state index contributed by atoms with van der Waals surface area (Å²) in [7, 11) is 0. The van der Waals surface area contributed by atoms with E-state index in [4.69, 9.17) is 23.2 Å². The second-order valence-corrected chi connectivity index (χ2v) is 6.26. The van der Waals surface area contributed by atoms with Crippen molar-refractivity contribution in [1.29, 1.82) is 0 Å². The van der Waals surface area contributed by atoms with Crippen LogP contribution < -0.4 is 5.32 Å². The highest BCUT2D eigenvalue weighted by Gasteiger charge is 2.13. The van der Waals surface area contributed by atoms with E-state index in [-0.39, 0.29) is 5.54 Å². The van der Waals surface area contributed by atoms with Crippen molar-refractivity contribution in [2.75, 3.05) is 5.32 Å². The first-order valence-corrected chi connectivity index (χ1v) is 6.85. The van der Waals surface area contributed by atoms with Gasteiger partial charge in [-0.15, -0.1) is 0 Å². The van der Waals surface area contributed by atoms with Crippen LogP contribution in [0.15, 0.2) is 30.6 Å². The molecule has 0 atom stereocenters. The number of nitrogens with one attached hydrogen (secondary N) is 1. The molecule has 0 unspecified atom stereocenters. The summed E-state index contributed by atoms with van der Waals surface area (Å²) in [5.41, 5.74) is 2.07. The molecule has 2 aromatic rings. The summed E-state index contributed by atoms with van der Waals surface area (Å²) >= 11 is 11.8.